The van der Waals surface area contributed by atoms with Crippen LogP contribution in [0.15, 0.2) is 72.8 Å². The monoisotopic (exact) mass is 677 g/mol. The lowest BCUT2D eigenvalue weighted by Crippen LogP contribution is -2.48. The molecule has 2 heterocycles. The van der Waals surface area contributed by atoms with Gasteiger partial charge in [-0.15, -0.1) is 0 Å². The summed E-state index contributed by atoms with van der Waals surface area (Å²) in [5, 5.41) is 13.6. The highest BCUT2D eigenvalue weighted by Crippen LogP contribution is 2.31. The van der Waals surface area contributed by atoms with E-state index in [0.29, 0.717) is 13.1 Å². The van der Waals surface area contributed by atoms with Crippen LogP contribution < -0.4 is 0 Å². The molecule has 0 aliphatic carbocycles. The molecule has 1 aliphatic heterocycles. The second-order valence-electron chi connectivity index (χ2n) is 9.00. The minimum atomic E-state index is -0.401. The topological polar surface area (TPSA) is 31.6 Å². The van der Waals surface area contributed by atoms with Gasteiger partial charge in [0.15, 0.2) is 0 Å². The molecule has 176 valence electrons. The Balaban J connectivity index is 1.20. The summed E-state index contributed by atoms with van der Waals surface area (Å²) in [5.41, 5.74) is 3.65. The van der Waals surface area contributed by atoms with Crippen molar-refractivity contribution in [2.24, 2.45) is 0 Å². The lowest BCUT2D eigenvalue weighted by molar-refractivity contribution is 0.0688. The summed E-state index contributed by atoms with van der Waals surface area (Å²) in [6.45, 7) is 6.38. The van der Waals surface area contributed by atoms with Crippen LogP contribution in [-0.4, -0.2) is 64.8 Å². The number of hydrogen-bond donors (Lipinski definition) is 1. The molecule has 0 spiro atoms. The first-order valence-corrected chi connectivity index (χ1v) is 13.9. The average molecular weight is 677 g/mol. The Morgan fingerprint density at radius 2 is 1.35 bits per heavy atom. The molecule has 0 unspecified atom stereocenters. The van der Waals surface area contributed by atoms with Crippen LogP contribution in [0.1, 0.15) is 5.56 Å². The average Bonchev–Trinajstić information content (AvgIpc) is 3.12. The van der Waals surface area contributed by atoms with Crippen molar-refractivity contribution in [2.75, 3.05) is 39.3 Å². The molecule has 0 saturated carbocycles. The van der Waals surface area contributed by atoms with Crippen molar-refractivity contribution >= 4 is 73.1 Å². The molecule has 3 aromatic carbocycles. The molecule has 4 nitrogen and oxygen atoms in total. The van der Waals surface area contributed by atoms with Gasteiger partial charge in [0.25, 0.3) is 0 Å². The fourth-order valence-electron chi connectivity index (χ4n) is 4.87. The summed E-state index contributed by atoms with van der Waals surface area (Å²) in [4.78, 5) is 4.89. The maximum Gasteiger partial charge on any atom is 0.0845 e. The third kappa shape index (κ3) is 5.67. The normalized spacial score (nSPS) is 16.7. The largest absolute Gasteiger partial charge is 0.390 e. The molecule has 0 amide bonds. The highest BCUT2D eigenvalue weighted by molar-refractivity contribution is 14.1. The minimum absolute atomic E-state index is 0.401. The predicted octanol–water partition coefficient (Wildman–Crippen LogP) is 5.70. The number of nitrogens with zero attached hydrogens (tertiary/aromatic N) is 3. The molecule has 6 heteroatoms. The van der Waals surface area contributed by atoms with Gasteiger partial charge in [-0.05, 0) is 87.1 Å². The van der Waals surface area contributed by atoms with E-state index in [9.17, 15) is 5.11 Å². The predicted molar refractivity (Wildman–Crippen MR) is 159 cm³/mol. The van der Waals surface area contributed by atoms with Crippen molar-refractivity contribution in [2.45, 2.75) is 12.6 Å². The smallest absolute Gasteiger partial charge is 0.0845 e. The number of piperazine rings is 1. The second kappa shape index (κ2) is 11.1. The maximum absolute atomic E-state index is 11.0. The zero-order valence-electron chi connectivity index (χ0n) is 19.1. The van der Waals surface area contributed by atoms with E-state index in [1.807, 2.05) is 6.07 Å². The lowest BCUT2D eigenvalue weighted by Gasteiger charge is -2.35. The fraction of sp³-hybridized carbons (Fsp3) is 0.286. The van der Waals surface area contributed by atoms with Gasteiger partial charge in [-0.2, -0.15) is 0 Å². The molecular weight excluding hydrogens is 648 g/mol. The first-order valence-electron chi connectivity index (χ1n) is 11.8. The van der Waals surface area contributed by atoms with Crippen LogP contribution in [0.5, 0.6) is 0 Å². The van der Waals surface area contributed by atoms with Crippen LogP contribution in [0.2, 0.25) is 0 Å². The molecule has 1 atom stereocenters. The van der Waals surface area contributed by atoms with E-state index in [0.717, 1.165) is 32.7 Å². The van der Waals surface area contributed by atoms with Crippen molar-refractivity contribution in [3.8, 4) is 0 Å². The number of benzene rings is 3. The third-order valence-corrected chi connectivity index (χ3v) is 7.93. The van der Waals surface area contributed by atoms with Crippen molar-refractivity contribution in [1.82, 2.24) is 14.4 Å². The molecule has 1 fully saturated rings. The van der Waals surface area contributed by atoms with E-state index in [2.05, 4.69) is 132 Å². The summed E-state index contributed by atoms with van der Waals surface area (Å²) in [6.07, 6.45) is 4.05. The molecule has 4 aromatic rings. The highest BCUT2D eigenvalue weighted by Gasteiger charge is 2.20. The van der Waals surface area contributed by atoms with E-state index >= 15 is 0 Å². The van der Waals surface area contributed by atoms with Crippen LogP contribution in [0, 0.1) is 7.14 Å². The Morgan fingerprint density at radius 3 is 1.97 bits per heavy atom. The van der Waals surface area contributed by atoms with Crippen LogP contribution in [-0.2, 0) is 6.54 Å². The summed E-state index contributed by atoms with van der Waals surface area (Å²) >= 11 is 4.76. The first kappa shape index (κ1) is 24.2. The first-order chi connectivity index (χ1) is 16.6. The van der Waals surface area contributed by atoms with E-state index in [-0.39, 0.29) is 0 Å². The molecule has 0 radical (unpaired) electrons. The third-order valence-electron chi connectivity index (χ3n) is 6.59. The molecule has 5 rings (SSSR count). The number of rotatable bonds is 7. The van der Waals surface area contributed by atoms with Gasteiger partial charge in [0.05, 0.1) is 12.6 Å². The standard InChI is InChI=1S/C28H29I2N3O/c29-22-8-10-27-25(17-22)26-18-23(30)9-11-28(26)33(27)20-24(34)19-32-15-13-31(14-16-32)12-4-7-21-5-2-1-3-6-21/h1-11,17-18,24,34H,12-16,19-20H2/b7-4+/t24-/m0/s1. The van der Waals surface area contributed by atoms with Gasteiger partial charge in [-0.1, -0.05) is 42.5 Å². The molecule has 34 heavy (non-hydrogen) atoms. The molecule has 0 bridgehead atoms. The Bertz CT molecular complexity index is 1230. The molecule has 1 saturated heterocycles. The second-order valence-corrected chi connectivity index (χ2v) is 11.5. The van der Waals surface area contributed by atoms with Gasteiger partial charge in [0.2, 0.25) is 0 Å². The summed E-state index contributed by atoms with van der Waals surface area (Å²) < 4.78 is 4.77. The van der Waals surface area contributed by atoms with Crippen molar-refractivity contribution in [1.29, 1.82) is 0 Å². The fourth-order valence-corrected chi connectivity index (χ4v) is 5.85. The van der Waals surface area contributed by atoms with E-state index in [4.69, 9.17) is 0 Å². The summed E-state index contributed by atoms with van der Waals surface area (Å²) in [6, 6.07) is 23.7. The number of fused-ring (bicyclic) bond motifs is 3. The van der Waals surface area contributed by atoms with E-state index in [1.165, 1.54) is 34.5 Å². The Morgan fingerprint density at radius 1 is 0.765 bits per heavy atom. The van der Waals surface area contributed by atoms with Gasteiger partial charge < -0.3 is 9.67 Å². The highest BCUT2D eigenvalue weighted by atomic mass is 127. The number of aromatic nitrogens is 1. The number of aliphatic hydroxyl groups is 1. The van der Waals surface area contributed by atoms with Gasteiger partial charge >= 0.3 is 0 Å². The summed E-state index contributed by atoms with van der Waals surface area (Å²) in [5.74, 6) is 0. The Hall–Kier alpha value is -1.46. The zero-order valence-corrected chi connectivity index (χ0v) is 23.4. The number of hydrogen-bond acceptors (Lipinski definition) is 3. The number of aliphatic hydroxyl groups excluding tert-OH is 1. The van der Waals surface area contributed by atoms with E-state index < -0.39 is 6.10 Å². The van der Waals surface area contributed by atoms with Gasteiger partial charge in [-0.25, -0.2) is 0 Å². The lowest BCUT2D eigenvalue weighted by atomic mass is 10.2. The maximum atomic E-state index is 11.0. The molecule has 1 aromatic heterocycles. The van der Waals surface area contributed by atoms with Crippen LogP contribution in [0.3, 0.4) is 0 Å². The van der Waals surface area contributed by atoms with Gasteiger partial charge in [-0.3, -0.25) is 9.80 Å². The molecular formula is C28H29I2N3O. The summed E-state index contributed by atoms with van der Waals surface area (Å²) in [7, 11) is 0. The van der Waals surface area contributed by atoms with Crippen molar-refractivity contribution in [3.05, 3.63) is 85.5 Å². The molecule has 1 N–H and O–H groups in total. The Kier molecular flexibility index (Phi) is 7.90. The van der Waals surface area contributed by atoms with Crippen molar-refractivity contribution in [3.63, 3.8) is 0 Å². The SMILES string of the molecule is O[C@@H](CN1CCN(C/C=C/c2ccccc2)CC1)Cn1c2ccc(I)cc2c2cc(I)ccc21. The number of halogens is 2. The minimum Gasteiger partial charge on any atom is -0.390 e. The Labute approximate surface area is 228 Å². The van der Waals surface area contributed by atoms with Gasteiger partial charge in [0.1, 0.15) is 0 Å². The van der Waals surface area contributed by atoms with Crippen LogP contribution in [0.4, 0.5) is 0 Å². The van der Waals surface area contributed by atoms with Crippen LogP contribution >= 0.6 is 45.2 Å². The quantitative estimate of drug-likeness (QED) is 0.255. The van der Waals surface area contributed by atoms with Crippen LogP contribution in [0.25, 0.3) is 27.9 Å². The number of β-amino-alcohol motifs (C(OH)–C–C–N with tert-alkyl or cyclic N) is 1. The van der Waals surface area contributed by atoms with Gasteiger partial charge in [0, 0.05) is 68.2 Å². The van der Waals surface area contributed by atoms with E-state index in [1.54, 1.807) is 0 Å². The zero-order chi connectivity index (χ0) is 23.5. The van der Waals surface area contributed by atoms with Crippen molar-refractivity contribution < 1.29 is 5.11 Å². The molecule has 1 aliphatic rings.